The number of benzene rings is 1. The average Bonchev–Trinajstić information content (AvgIpc) is 3.21. The van der Waals surface area contributed by atoms with Crippen molar-refractivity contribution in [1.29, 1.82) is 0 Å². The number of carbonyl (C=O) groups is 1. The standard InChI is InChI=1S/C46H84O10/c1-3-5-7-9-11-12-13-14-15-16-17-19-21-23-46(47)56-43-41-54-39-37-52-35-33-50-31-29-48-28-30-49-32-34-51-36-38-53-40-42-55-45-26-24-44(25-27-45)22-20-18-10-8-6-4-2/h24-27H,3-23,28-43H2,1-2H3. The number of carbonyl (C=O) groups excluding carboxylic acids is 1. The summed E-state index contributed by atoms with van der Waals surface area (Å²) >= 11 is 0. The van der Waals surface area contributed by atoms with Gasteiger partial charge in [-0.25, -0.2) is 0 Å². The molecule has 0 saturated carbocycles. The van der Waals surface area contributed by atoms with Gasteiger partial charge in [0, 0.05) is 6.42 Å². The normalized spacial score (nSPS) is 11.4. The van der Waals surface area contributed by atoms with Crippen molar-refractivity contribution in [2.75, 3.05) is 106 Å². The van der Waals surface area contributed by atoms with Crippen molar-refractivity contribution in [3.63, 3.8) is 0 Å². The van der Waals surface area contributed by atoms with E-state index in [0.717, 1.165) is 25.0 Å². The fourth-order valence-electron chi connectivity index (χ4n) is 6.08. The molecule has 1 aromatic carbocycles. The van der Waals surface area contributed by atoms with Gasteiger partial charge in [-0.3, -0.25) is 4.79 Å². The van der Waals surface area contributed by atoms with Crippen LogP contribution in [0, 0.1) is 0 Å². The fraction of sp³-hybridized carbons (Fsp3) is 0.848. The quantitative estimate of drug-likeness (QED) is 0.0468. The topological polar surface area (TPSA) is 100 Å². The maximum absolute atomic E-state index is 11.9. The van der Waals surface area contributed by atoms with Crippen LogP contribution < -0.4 is 4.74 Å². The van der Waals surface area contributed by atoms with Gasteiger partial charge in [-0.2, -0.15) is 0 Å². The fourth-order valence-corrected chi connectivity index (χ4v) is 6.08. The minimum absolute atomic E-state index is 0.128. The van der Waals surface area contributed by atoms with Crippen molar-refractivity contribution in [2.45, 2.75) is 149 Å². The highest BCUT2D eigenvalue weighted by molar-refractivity contribution is 5.69. The lowest BCUT2D eigenvalue weighted by molar-refractivity contribution is -0.145. The number of hydrogen-bond donors (Lipinski definition) is 0. The molecule has 0 radical (unpaired) electrons. The van der Waals surface area contributed by atoms with Crippen LogP contribution in [0.5, 0.6) is 5.75 Å². The lowest BCUT2D eigenvalue weighted by Crippen LogP contribution is -2.15. The van der Waals surface area contributed by atoms with Crippen LogP contribution in [0.3, 0.4) is 0 Å². The Morgan fingerprint density at radius 3 is 1.09 bits per heavy atom. The summed E-state index contributed by atoms with van der Waals surface area (Å²) in [5.41, 5.74) is 1.38. The molecule has 0 N–H and O–H groups in total. The second-order valence-corrected chi connectivity index (χ2v) is 14.5. The van der Waals surface area contributed by atoms with Crippen LogP contribution in [-0.2, 0) is 49.1 Å². The van der Waals surface area contributed by atoms with Crippen molar-refractivity contribution in [2.24, 2.45) is 0 Å². The zero-order chi connectivity index (χ0) is 40.1. The summed E-state index contributed by atoms with van der Waals surface area (Å²) in [6.07, 6.45) is 26.4. The predicted octanol–water partition coefficient (Wildman–Crippen LogP) is 10.1. The Morgan fingerprint density at radius 2 is 0.696 bits per heavy atom. The van der Waals surface area contributed by atoms with Crippen LogP contribution in [0.2, 0.25) is 0 Å². The van der Waals surface area contributed by atoms with E-state index >= 15 is 0 Å². The SMILES string of the molecule is CCCCCCCCCCCCCCCC(=O)OCCOCCOCCOCCOCCOCCOCCOCCOc1ccc(CCCCCCCC)cc1. The highest BCUT2D eigenvalue weighted by atomic mass is 16.6. The monoisotopic (exact) mass is 797 g/mol. The summed E-state index contributed by atoms with van der Waals surface area (Å²) in [5, 5.41) is 0. The molecule has 0 bridgehead atoms. The molecule has 0 unspecified atom stereocenters. The van der Waals surface area contributed by atoms with Gasteiger partial charge in [0.25, 0.3) is 0 Å². The van der Waals surface area contributed by atoms with Gasteiger partial charge in [0.2, 0.25) is 0 Å². The molecule has 0 atom stereocenters. The van der Waals surface area contributed by atoms with E-state index < -0.39 is 0 Å². The van der Waals surface area contributed by atoms with Crippen LogP contribution in [-0.4, -0.2) is 112 Å². The first-order chi connectivity index (χ1) is 27.8. The van der Waals surface area contributed by atoms with E-state index in [2.05, 4.69) is 38.1 Å². The van der Waals surface area contributed by atoms with Crippen LogP contribution in [0.1, 0.15) is 148 Å². The Bertz CT molecular complexity index is 916. The Balaban J connectivity index is 1.69. The molecule has 56 heavy (non-hydrogen) atoms. The average molecular weight is 797 g/mol. The number of esters is 1. The van der Waals surface area contributed by atoms with Gasteiger partial charge >= 0.3 is 5.97 Å². The first-order valence-electron chi connectivity index (χ1n) is 22.7. The molecule has 10 heteroatoms. The summed E-state index contributed by atoms with van der Waals surface area (Å²) in [7, 11) is 0. The zero-order valence-electron chi connectivity index (χ0n) is 36.1. The second-order valence-electron chi connectivity index (χ2n) is 14.5. The third-order valence-electron chi connectivity index (χ3n) is 9.45. The number of aryl methyl sites for hydroxylation is 1. The van der Waals surface area contributed by atoms with E-state index in [1.54, 1.807) is 0 Å². The second kappa shape index (κ2) is 44.3. The predicted molar refractivity (Wildman–Crippen MR) is 226 cm³/mol. The van der Waals surface area contributed by atoms with Gasteiger partial charge in [-0.1, -0.05) is 135 Å². The molecule has 10 nitrogen and oxygen atoms in total. The first kappa shape index (κ1) is 52.2. The molecule has 1 rings (SSSR count). The molecule has 0 aliphatic carbocycles. The lowest BCUT2D eigenvalue weighted by Gasteiger charge is -2.09. The molecule has 0 saturated heterocycles. The molecule has 1 aromatic rings. The third-order valence-corrected chi connectivity index (χ3v) is 9.45. The van der Waals surface area contributed by atoms with Crippen molar-refractivity contribution in [3.8, 4) is 5.75 Å². The Kier molecular flexibility index (Phi) is 41.3. The number of unbranched alkanes of at least 4 members (excludes halogenated alkanes) is 17. The third kappa shape index (κ3) is 39.1. The van der Waals surface area contributed by atoms with Gasteiger partial charge in [0.1, 0.15) is 19.0 Å². The molecule has 0 heterocycles. The molecule has 328 valence electrons. The number of rotatable bonds is 46. The Labute approximate surface area is 342 Å². The van der Waals surface area contributed by atoms with Crippen LogP contribution in [0.4, 0.5) is 0 Å². The van der Waals surface area contributed by atoms with Crippen molar-refractivity contribution in [3.05, 3.63) is 29.8 Å². The van der Waals surface area contributed by atoms with E-state index in [1.807, 2.05) is 0 Å². The van der Waals surface area contributed by atoms with Gasteiger partial charge in [-0.05, 0) is 37.0 Å². The molecule has 0 aliphatic heterocycles. The van der Waals surface area contributed by atoms with E-state index in [1.165, 1.54) is 115 Å². The summed E-state index contributed by atoms with van der Waals surface area (Å²) in [4.78, 5) is 11.9. The van der Waals surface area contributed by atoms with E-state index in [4.69, 9.17) is 42.6 Å². The highest BCUT2D eigenvalue weighted by Gasteiger charge is 2.03. The van der Waals surface area contributed by atoms with Crippen molar-refractivity contribution >= 4 is 5.97 Å². The minimum atomic E-state index is -0.128. The van der Waals surface area contributed by atoms with Gasteiger partial charge in [0.15, 0.2) is 0 Å². The first-order valence-corrected chi connectivity index (χ1v) is 22.7. The summed E-state index contributed by atoms with van der Waals surface area (Å²) in [5.74, 6) is 0.758. The maximum atomic E-state index is 11.9. The van der Waals surface area contributed by atoms with Crippen LogP contribution in [0.15, 0.2) is 24.3 Å². The molecule has 0 spiro atoms. The molecule has 0 aliphatic rings. The zero-order valence-corrected chi connectivity index (χ0v) is 36.1. The minimum Gasteiger partial charge on any atom is -0.491 e. The number of ether oxygens (including phenoxy) is 9. The maximum Gasteiger partial charge on any atom is 0.305 e. The summed E-state index contributed by atoms with van der Waals surface area (Å²) in [6, 6.07) is 8.44. The molecule has 0 aromatic heterocycles. The largest absolute Gasteiger partial charge is 0.491 e. The van der Waals surface area contributed by atoms with Gasteiger partial charge in [-0.15, -0.1) is 0 Å². The van der Waals surface area contributed by atoms with Crippen LogP contribution >= 0.6 is 0 Å². The number of hydrogen-bond acceptors (Lipinski definition) is 10. The highest BCUT2D eigenvalue weighted by Crippen LogP contribution is 2.16. The molecular weight excluding hydrogens is 712 g/mol. The van der Waals surface area contributed by atoms with E-state index in [9.17, 15) is 4.79 Å². The Hall–Kier alpha value is -1.79. The van der Waals surface area contributed by atoms with E-state index in [-0.39, 0.29) is 5.97 Å². The smallest absolute Gasteiger partial charge is 0.305 e. The summed E-state index contributed by atoms with van der Waals surface area (Å²) < 4.78 is 49.8. The Morgan fingerprint density at radius 1 is 0.375 bits per heavy atom. The van der Waals surface area contributed by atoms with E-state index in [0.29, 0.717) is 112 Å². The lowest BCUT2D eigenvalue weighted by atomic mass is 10.0. The molecule has 0 fully saturated rings. The van der Waals surface area contributed by atoms with Crippen LogP contribution in [0.25, 0.3) is 0 Å². The molecule has 0 amide bonds. The van der Waals surface area contributed by atoms with Gasteiger partial charge in [0.05, 0.1) is 92.5 Å². The van der Waals surface area contributed by atoms with Crippen molar-refractivity contribution < 1.29 is 47.4 Å². The van der Waals surface area contributed by atoms with Gasteiger partial charge < -0.3 is 42.6 Å². The summed E-state index contributed by atoms with van der Waals surface area (Å²) in [6.45, 7) is 12.3. The molecular formula is C46H84O10. The van der Waals surface area contributed by atoms with Crippen molar-refractivity contribution in [1.82, 2.24) is 0 Å².